The monoisotopic (exact) mass is 300 g/mol. The first-order chi connectivity index (χ1) is 10.7. The van der Waals surface area contributed by atoms with Gasteiger partial charge in [0.15, 0.2) is 0 Å². The second-order valence-electron chi connectivity index (χ2n) is 4.79. The Bertz CT molecular complexity index is 594. The van der Waals surface area contributed by atoms with Crippen LogP contribution in [-0.2, 0) is 11.2 Å². The molecule has 0 unspecified atom stereocenters. The number of carbonyl (C=O) groups excluding carboxylic acids is 1. The van der Waals surface area contributed by atoms with Crippen molar-refractivity contribution in [2.75, 3.05) is 26.0 Å². The molecule has 2 rings (SSSR count). The van der Waals surface area contributed by atoms with Gasteiger partial charge in [-0.15, -0.1) is 0 Å². The summed E-state index contributed by atoms with van der Waals surface area (Å²) in [7, 11) is 1.61. The van der Waals surface area contributed by atoms with Gasteiger partial charge < -0.3 is 20.5 Å². The third-order valence-electron chi connectivity index (χ3n) is 3.10. The van der Waals surface area contributed by atoms with Crippen molar-refractivity contribution < 1.29 is 14.3 Å². The molecule has 0 aliphatic heterocycles. The van der Waals surface area contributed by atoms with Gasteiger partial charge in [0.05, 0.1) is 20.1 Å². The first-order valence-electron chi connectivity index (χ1n) is 7.05. The van der Waals surface area contributed by atoms with E-state index in [9.17, 15) is 4.79 Å². The molecule has 0 spiro atoms. The second-order valence-corrected chi connectivity index (χ2v) is 4.79. The molecule has 0 aromatic heterocycles. The van der Waals surface area contributed by atoms with Gasteiger partial charge in [0.2, 0.25) is 5.91 Å². The Morgan fingerprint density at radius 3 is 2.32 bits per heavy atom. The van der Waals surface area contributed by atoms with E-state index in [1.54, 1.807) is 31.4 Å². The lowest BCUT2D eigenvalue weighted by Crippen LogP contribution is -2.29. The number of hydrogen-bond donors (Lipinski definition) is 2. The quantitative estimate of drug-likeness (QED) is 0.606. The number of methoxy groups -OCH3 is 1. The molecule has 1 amide bonds. The molecular formula is C17H20N2O3. The molecule has 2 aromatic carbocycles. The van der Waals surface area contributed by atoms with Crippen molar-refractivity contribution in [3.63, 3.8) is 0 Å². The molecule has 2 aromatic rings. The van der Waals surface area contributed by atoms with E-state index in [0.717, 1.165) is 17.1 Å². The minimum absolute atomic E-state index is 0.0360. The number of benzene rings is 2. The summed E-state index contributed by atoms with van der Waals surface area (Å²) >= 11 is 0. The Kier molecular flexibility index (Phi) is 5.65. The standard InChI is InChI=1S/C17H20N2O3/c1-21-15-6-2-13(3-7-15)12-17(20)19-10-11-22-16-8-4-14(18)5-9-16/h2-9H,10-12,18H2,1H3,(H,19,20). The lowest BCUT2D eigenvalue weighted by molar-refractivity contribution is -0.120. The maximum absolute atomic E-state index is 11.8. The Hall–Kier alpha value is -2.69. The van der Waals surface area contributed by atoms with Crippen molar-refractivity contribution in [1.29, 1.82) is 0 Å². The van der Waals surface area contributed by atoms with Crippen molar-refractivity contribution in [2.45, 2.75) is 6.42 Å². The minimum atomic E-state index is -0.0360. The van der Waals surface area contributed by atoms with Gasteiger partial charge in [0, 0.05) is 5.69 Å². The molecular weight excluding hydrogens is 280 g/mol. The van der Waals surface area contributed by atoms with E-state index in [2.05, 4.69) is 5.32 Å². The first kappa shape index (κ1) is 15.7. The molecule has 0 radical (unpaired) electrons. The molecule has 5 nitrogen and oxygen atoms in total. The number of nitrogens with one attached hydrogen (secondary N) is 1. The van der Waals surface area contributed by atoms with E-state index in [-0.39, 0.29) is 5.91 Å². The van der Waals surface area contributed by atoms with Gasteiger partial charge in [0.1, 0.15) is 18.1 Å². The molecule has 0 heterocycles. The zero-order valence-corrected chi connectivity index (χ0v) is 12.5. The van der Waals surface area contributed by atoms with E-state index in [1.165, 1.54) is 0 Å². The van der Waals surface area contributed by atoms with Crippen LogP contribution in [-0.4, -0.2) is 26.2 Å². The van der Waals surface area contributed by atoms with Gasteiger partial charge in [-0.25, -0.2) is 0 Å². The number of anilines is 1. The molecule has 22 heavy (non-hydrogen) atoms. The summed E-state index contributed by atoms with van der Waals surface area (Å²) in [4.78, 5) is 11.8. The fraction of sp³-hybridized carbons (Fsp3) is 0.235. The first-order valence-corrected chi connectivity index (χ1v) is 7.05. The van der Waals surface area contributed by atoms with Crippen molar-refractivity contribution in [1.82, 2.24) is 5.32 Å². The van der Waals surface area contributed by atoms with Crippen LogP contribution in [0.15, 0.2) is 48.5 Å². The summed E-state index contributed by atoms with van der Waals surface area (Å²) in [5, 5.41) is 2.82. The molecule has 0 atom stereocenters. The zero-order chi connectivity index (χ0) is 15.8. The number of rotatable bonds is 7. The second kappa shape index (κ2) is 7.93. The Labute approximate surface area is 130 Å². The summed E-state index contributed by atoms with van der Waals surface area (Å²) < 4.78 is 10.6. The molecule has 0 saturated heterocycles. The highest BCUT2D eigenvalue weighted by molar-refractivity contribution is 5.78. The maximum Gasteiger partial charge on any atom is 0.224 e. The van der Waals surface area contributed by atoms with Crippen LogP contribution < -0.4 is 20.5 Å². The summed E-state index contributed by atoms with van der Waals surface area (Å²) in [6.07, 6.45) is 0.339. The number of ether oxygens (including phenoxy) is 2. The Balaban J connectivity index is 1.67. The number of amides is 1. The number of hydrogen-bond acceptors (Lipinski definition) is 4. The zero-order valence-electron chi connectivity index (χ0n) is 12.5. The van der Waals surface area contributed by atoms with E-state index in [0.29, 0.717) is 25.3 Å². The highest BCUT2D eigenvalue weighted by Crippen LogP contribution is 2.13. The summed E-state index contributed by atoms with van der Waals surface area (Å²) in [6.45, 7) is 0.873. The van der Waals surface area contributed by atoms with Crippen LogP contribution in [0, 0.1) is 0 Å². The fourth-order valence-corrected chi connectivity index (χ4v) is 1.91. The van der Waals surface area contributed by atoms with Gasteiger partial charge in [-0.1, -0.05) is 12.1 Å². The maximum atomic E-state index is 11.8. The molecule has 0 bridgehead atoms. The topological polar surface area (TPSA) is 73.6 Å². The van der Waals surface area contributed by atoms with E-state index in [1.807, 2.05) is 24.3 Å². The molecule has 0 fully saturated rings. The lowest BCUT2D eigenvalue weighted by Gasteiger charge is -2.08. The minimum Gasteiger partial charge on any atom is -0.497 e. The van der Waals surface area contributed by atoms with Crippen LogP contribution in [0.4, 0.5) is 5.69 Å². The lowest BCUT2D eigenvalue weighted by atomic mass is 10.1. The van der Waals surface area contributed by atoms with E-state index in [4.69, 9.17) is 15.2 Å². The van der Waals surface area contributed by atoms with E-state index < -0.39 is 0 Å². The number of nitrogen functional groups attached to an aromatic ring is 1. The van der Waals surface area contributed by atoms with Crippen LogP contribution in [0.25, 0.3) is 0 Å². The molecule has 0 aliphatic carbocycles. The summed E-state index contributed by atoms with van der Waals surface area (Å²) in [5.74, 6) is 1.48. The third-order valence-corrected chi connectivity index (χ3v) is 3.10. The van der Waals surface area contributed by atoms with Gasteiger partial charge in [-0.2, -0.15) is 0 Å². The Morgan fingerprint density at radius 1 is 1.05 bits per heavy atom. The van der Waals surface area contributed by atoms with E-state index >= 15 is 0 Å². The van der Waals surface area contributed by atoms with Crippen molar-refractivity contribution in [3.05, 3.63) is 54.1 Å². The number of nitrogens with two attached hydrogens (primary N) is 1. The van der Waals surface area contributed by atoms with Crippen molar-refractivity contribution >= 4 is 11.6 Å². The molecule has 116 valence electrons. The van der Waals surface area contributed by atoms with Crippen molar-refractivity contribution in [2.24, 2.45) is 0 Å². The van der Waals surface area contributed by atoms with Gasteiger partial charge in [-0.05, 0) is 42.0 Å². The normalized spacial score (nSPS) is 10.0. The van der Waals surface area contributed by atoms with Crippen LogP contribution in [0.2, 0.25) is 0 Å². The van der Waals surface area contributed by atoms with Crippen LogP contribution in [0.3, 0.4) is 0 Å². The van der Waals surface area contributed by atoms with Crippen LogP contribution >= 0.6 is 0 Å². The molecule has 0 saturated carbocycles. The highest BCUT2D eigenvalue weighted by atomic mass is 16.5. The van der Waals surface area contributed by atoms with Crippen LogP contribution in [0.5, 0.6) is 11.5 Å². The van der Waals surface area contributed by atoms with Crippen LogP contribution in [0.1, 0.15) is 5.56 Å². The average Bonchev–Trinajstić information content (AvgIpc) is 2.54. The SMILES string of the molecule is COc1ccc(CC(=O)NCCOc2ccc(N)cc2)cc1. The predicted molar refractivity (Wildman–Crippen MR) is 86.1 cm³/mol. The van der Waals surface area contributed by atoms with Gasteiger partial charge in [0.25, 0.3) is 0 Å². The predicted octanol–water partition coefficient (Wildman–Crippen LogP) is 2.02. The van der Waals surface area contributed by atoms with Gasteiger partial charge in [-0.3, -0.25) is 4.79 Å². The smallest absolute Gasteiger partial charge is 0.224 e. The molecule has 0 aliphatic rings. The average molecular weight is 300 g/mol. The molecule has 3 N–H and O–H groups in total. The fourth-order valence-electron chi connectivity index (χ4n) is 1.91. The molecule has 5 heteroatoms. The third kappa shape index (κ3) is 5.01. The van der Waals surface area contributed by atoms with Gasteiger partial charge >= 0.3 is 0 Å². The summed E-state index contributed by atoms with van der Waals surface area (Å²) in [6, 6.07) is 14.6. The highest BCUT2D eigenvalue weighted by Gasteiger charge is 2.03. The van der Waals surface area contributed by atoms with Crippen molar-refractivity contribution in [3.8, 4) is 11.5 Å². The number of carbonyl (C=O) groups is 1. The Morgan fingerprint density at radius 2 is 1.68 bits per heavy atom. The largest absolute Gasteiger partial charge is 0.497 e. The summed E-state index contributed by atoms with van der Waals surface area (Å²) in [5.41, 5.74) is 7.23.